The zero-order valence-corrected chi connectivity index (χ0v) is 13.6. The maximum atomic E-state index is 12.3. The highest BCUT2D eigenvalue weighted by atomic mass is 35.5. The SMILES string of the molecule is Cn1cc(N2C(=O)CC(=O)C2c2ccc(Cl)cc2)cc(Cl)c1=O. The molecule has 1 unspecified atom stereocenters. The lowest BCUT2D eigenvalue weighted by Gasteiger charge is -2.24. The van der Waals surface area contributed by atoms with Crippen molar-refractivity contribution in [2.45, 2.75) is 12.5 Å². The van der Waals surface area contributed by atoms with Gasteiger partial charge in [0.2, 0.25) is 5.91 Å². The van der Waals surface area contributed by atoms with E-state index in [4.69, 9.17) is 23.2 Å². The number of benzene rings is 1. The van der Waals surface area contributed by atoms with E-state index in [1.807, 2.05) is 0 Å². The highest BCUT2D eigenvalue weighted by Gasteiger charge is 2.40. The molecule has 1 amide bonds. The lowest BCUT2D eigenvalue weighted by atomic mass is 10.0. The van der Waals surface area contributed by atoms with Crippen molar-refractivity contribution in [2.24, 2.45) is 7.05 Å². The van der Waals surface area contributed by atoms with E-state index < -0.39 is 6.04 Å². The van der Waals surface area contributed by atoms with E-state index in [9.17, 15) is 14.4 Å². The lowest BCUT2D eigenvalue weighted by molar-refractivity contribution is -0.121. The van der Waals surface area contributed by atoms with E-state index in [0.29, 0.717) is 16.3 Å². The van der Waals surface area contributed by atoms with Gasteiger partial charge in [-0.3, -0.25) is 19.3 Å². The van der Waals surface area contributed by atoms with Crippen LogP contribution in [0.1, 0.15) is 18.0 Å². The van der Waals surface area contributed by atoms with Gasteiger partial charge in [0.1, 0.15) is 11.1 Å². The summed E-state index contributed by atoms with van der Waals surface area (Å²) >= 11 is 11.8. The van der Waals surface area contributed by atoms with Crippen LogP contribution in [0.2, 0.25) is 10.0 Å². The minimum absolute atomic E-state index is 0.00740. The number of nitrogens with zero attached hydrogens (tertiary/aromatic N) is 2. The number of amides is 1. The molecule has 1 aliphatic heterocycles. The van der Waals surface area contributed by atoms with E-state index in [2.05, 4.69) is 0 Å². The van der Waals surface area contributed by atoms with Crippen molar-refractivity contribution in [3.05, 3.63) is 62.5 Å². The average Bonchev–Trinajstić information content (AvgIpc) is 2.79. The Kier molecular flexibility index (Phi) is 4.00. The first-order valence-corrected chi connectivity index (χ1v) is 7.60. The Morgan fingerprint density at radius 1 is 1.09 bits per heavy atom. The van der Waals surface area contributed by atoms with Gasteiger partial charge in [-0.2, -0.15) is 0 Å². The molecule has 0 bridgehead atoms. The second kappa shape index (κ2) is 5.83. The van der Waals surface area contributed by atoms with Crippen molar-refractivity contribution in [2.75, 3.05) is 4.90 Å². The molecule has 0 saturated carbocycles. The third kappa shape index (κ3) is 2.78. The lowest BCUT2D eigenvalue weighted by Crippen LogP contribution is -2.30. The molecule has 1 aromatic heterocycles. The smallest absolute Gasteiger partial charge is 0.269 e. The molecule has 1 atom stereocenters. The summed E-state index contributed by atoms with van der Waals surface area (Å²) in [7, 11) is 1.54. The van der Waals surface area contributed by atoms with E-state index in [0.717, 1.165) is 0 Å². The molecule has 0 spiro atoms. The fourth-order valence-electron chi connectivity index (χ4n) is 2.68. The second-order valence-corrected chi connectivity index (χ2v) is 6.17. The molecule has 3 rings (SSSR count). The first kappa shape index (κ1) is 15.8. The number of Topliss-reactive ketones (excluding diaryl/α,β-unsaturated/α-hetero) is 1. The number of hydrogen-bond donors (Lipinski definition) is 0. The number of hydrogen-bond acceptors (Lipinski definition) is 3. The fraction of sp³-hybridized carbons (Fsp3) is 0.188. The molecule has 1 saturated heterocycles. The van der Waals surface area contributed by atoms with E-state index >= 15 is 0 Å². The number of rotatable bonds is 2. The number of ketones is 1. The van der Waals surface area contributed by atoms with Crippen LogP contribution in [-0.2, 0) is 16.6 Å². The van der Waals surface area contributed by atoms with Crippen LogP contribution >= 0.6 is 23.2 Å². The van der Waals surface area contributed by atoms with Crippen molar-refractivity contribution < 1.29 is 9.59 Å². The predicted molar refractivity (Wildman–Crippen MR) is 88.0 cm³/mol. The van der Waals surface area contributed by atoms with Crippen LogP contribution in [0.5, 0.6) is 0 Å². The van der Waals surface area contributed by atoms with Crippen LogP contribution < -0.4 is 10.5 Å². The molecule has 0 aliphatic carbocycles. The van der Waals surface area contributed by atoms with Crippen molar-refractivity contribution in [3.8, 4) is 0 Å². The van der Waals surface area contributed by atoms with Gasteiger partial charge in [0.05, 0.1) is 12.1 Å². The summed E-state index contributed by atoms with van der Waals surface area (Å²) in [6.07, 6.45) is 1.31. The molecule has 2 aromatic rings. The molecular weight excluding hydrogens is 339 g/mol. The molecule has 1 aliphatic rings. The van der Waals surface area contributed by atoms with Crippen LogP contribution in [0.15, 0.2) is 41.3 Å². The van der Waals surface area contributed by atoms with Gasteiger partial charge >= 0.3 is 0 Å². The summed E-state index contributed by atoms with van der Waals surface area (Å²) in [4.78, 5) is 37.7. The minimum Gasteiger partial charge on any atom is -0.315 e. The van der Waals surface area contributed by atoms with E-state index in [1.54, 1.807) is 24.3 Å². The van der Waals surface area contributed by atoms with Crippen LogP contribution in [0.3, 0.4) is 0 Å². The number of anilines is 1. The summed E-state index contributed by atoms with van der Waals surface area (Å²) < 4.78 is 1.28. The number of aryl methyl sites for hydroxylation is 1. The quantitative estimate of drug-likeness (QED) is 0.782. The number of aromatic nitrogens is 1. The maximum absolute atomic E-state index is 12.3. The molecule has 0 N–H and O–H groups in total. The normalized spacial score (nSPS) is 17.9. The van der Waals surface area contributed by atoms with Gasteiger partial charge in [-0.15, -0.1) is 0 Å². The Bertz CT molecular complexity index is 832. The summed E-state index contributed by atoms with van der Waals surface area (Å²) in [5, 5.41) is 0.536. The molecule has 118 valence electrons. The zero-order valence-electron chi connectivity index (χ0n) is 12.1. The molecule has 2 heterocycles. The average molecular weight is 351 g/mol. The van der Waals surface area contributed by atoms with E-state index in [-0.39, 0.29) is 28.7 Å². The standard InChI is InChI=1S/C16H12Cl2N2O3/c1-19-8-11(6-12(18)16(19)23)20-14(22)7-13(21)15(20)9-2-4-10(17)5-3-9/h2-6,8,15H,7H2,1H3. The first-order chi connectivity index (χ1) is 10.9. The van der Waals surface area contributed by atoms with Crippen molar-refractivity contribution in [1.82, 2.24) is 4.57 Å². The summed E-state index contributed by atoms with van der Waals surface area (Å²) in [6, 6.07) is 7.41. The Hall–Kier alpha value is -2.11. The van der Waals surface area contributed by atoms with Crippen LogP contribution in [0.4, 0.5) is 5.69 Å². The first-order valence-electron chi connectivity index (χ1n) is 6.85. The predicted octanol–water partition coefficient (Wildman–Crippen LogP) is 2.74. The Morgan fingerprint density at radius 3 is 2.35 bits per heavy atom. The van der Waals surface area contributed by atoms with Gasteiger partial charge in [-0.25, -0.2) is 0 Å². The zero-order chi connectivity index (χ0) is 16.7. The summed E-state index contributed by atoms with van der Waals surface area (Å²) in [5.41, 5.74) is 0.708. The van der Waals surface area contributed by atoms with Gasteiger partial charge in [0.15, 0.2) is 5.78 Å². The third-order valence-electron chi connectivity index (χ3n) is 3.75. The number of pyridine rings is 1. The Labute approximate surface area is 142 Å². The highest BCUT2D eigenvalue weighted by Crippen LogP contribution is 2.35. The van der Waals surface area contributed by atoms with Crippen molar-refractivity contribution >= 4 is 40.6 Å². The van der Waals surface area contributed by atoms with Gasteiger partial charge in [-0.05, 0) is 23.8 Å². The highest BCUT2D eigenvalue weighted by molar-refractivity contribution is 6.31. The van der Waals surface area contributed by atoms with Crippen LogP contribution in [-0.4, -0.2) is 16.3 Å². The van der Waals surface area contributed by atoms with Crippen molar-refractivity contribution in [1.29, 1.82) is 0 Å². The van der Waals surface area contributed by atoms with Crippen LogP contribution in [0, 0.1) is 0 Å². The van der Waals surface area contributed by atoms with Gasteiger partial charge in [0, 0.05) is 18.3 Å². The van der Waals surface area contributed by atoms with Crippen molar-refractivity contribution in [3.63, 3.8) is 0 Å². The number of carbonyl (C=O) groups is 2. The number of carbonyl (C=O) groups excluding carboxylic acids is 2. The van der Waals surface area contributed by atoms with Crippen LogP contribution in [0.25, 0.3) is 0 Å². The molecule has 7 heteroatoms. The maximum Gasteiger partial charge on any atom is 0.269 e. The third-order valence-corrected chi connectivity index (χ3v) is 4.27. The monoisotopic (exact) mass is 350 g/mol. The van der Waals surface area contributed by atoms with Gasteiger partial charge in [-0.1, -0.05) is 35.3 Å². The van der Waals surface area contributed by atoms with E-state index in [1.165, 1.54) is 28.8 Å². The molecule has 1 aromatic carbocycles. The molecule has 23 heavy (non-hydrogen) atoms. The molecule has 1 fully saturated rings. The topological polar surface area (TPSA) is 59.4 Å². The largest absolute Gasteiger partial charge is 0.315 e. The fourth-order valence-corrected chi connectivity index (χ4v) is 3.05. The van der Waals surface area contributed by atoms with Gasteiger partial charge in [0.25, 0.3) is 5.56 Å². The molecular formula is C16H12Cl2N2O3. The summed E-state index contributed by atoms with van der Waals surface area (Å²) in [6.45, 7) is 0. The number of halogens is 2. The Balaban J connectivity index is 2.11. The second-order valence-electron chi connectivity index (χ2n) is 5.32. The molecule has 5 nitrogen and oxygen atoms in total. The molecule has 0 radical (unpaired) electrons. The Morgan fingerprint density at radius 2 is 1.74 bits per heavy atom. The summed E-state index contributed by atoms with van der Waals surface area (Å²) in [5.74, 6) is -0.535. The minimum atomic E-state index is -0.742. The van der Waals surface area contributed by atoms with Gasteiger partial charge < -0.3 is 4.57 Å².